The molecule has 2 aliphatic carbocycles. The van der Waals surface area contributed by atoms with Crippen LogP contribution < -0.4 is 10.6 Å². The van der Waals surface area contributed by atoms with E-state index in [9.17, 15) is 4.79 Å². The van der Waals surface area contributed by atoms with Crippen LogP contribution in [-0.2, 0) is 4.79 Å². The zero-order valence-electron chi connectivity index (χ0n) is 13.5. The van der Waals surface area contributed by atoms with E-state index in [1.54, 1.807) is 0 Å². The zero-order chi connectivity index (χ0) is 14.6. The van der Waals surface area contributed by atoms with E-state index in [-0.39, 0.29) is 11.9 Å². The third kappa shape index (κ3) is 4.21. The quantitative estimate of drug-likeness (QED) is 0.829. The Hall–Kier alpha value is -0.570. The first-order valence-electron chi connectivity index (χ1n) is 8.55. The van der Waals surface area contributed by atoms with Gasteiger partial charge in [-0.2, -0.15) is 0 Å². The molecule has 3 heteroatoms. The van der Waals surface area contributed by atoms with E-state index in [1.165, 1.54) is 44.9 Å². The number of rotatable bonds is 4. The fraction of sp³-hybridized carbons (Fsp3) is 0.941. The van der Waals surface area contributed by atoms with Crippen molar-refractivity contribution in [3.63, 3.8) is 0 Å². The van der Waals surface area contributed by atoms with E-state index in [0.29, 0.717) is 17.5 Å². The second-order valence-electron chi connectivity index (χ2n) is 7.52. The number of hydrogen-bond acceptors (Lipinski definition) is 2. The highest BCUT2D eigenvalue weighted by atomic mass is 16.2. The molecular weight excluding hydrogens is 248 g/mol. The van der Waals surface area contributed by atoms with Crippen molar-refractivity contribution < 1.29 is 4.79 Å². The number of nitrogens with one attached hydrogen (secondary N) is 2. The van der Waals surface area contributed by atoms with Gasteiger partial charge in [0, 0.05) is 12.1 Å². The van der Waals surface area contributed by atoms with Crippen LogP contribution in [0.4, 0.5) is 0 Å². The molecule has 0 aliphatic heterocycles. The van der Waals surface area contributed by atoms with Gasteiger partial charge in [0.05, 0.1) is 6.04 Å². The number of amides is 1. The molecule has 2 rings (SSSR count). The molecule has 2 aliphatic rings. The Labute approximate surface area is 124 Å². The summed E-state index contributed by atoms with van der Waals surface area (Å²) in [6.45, 7) is 6.67. The second-order valence-corrected chi connectivity index (χ2v) is 7.52. The van der Waals surface area contributed by atoms with Gasteiger partial charge in [0.1, 0.15) is 0 Å². The lowest BCUT2D eigenvalue weighted by molar-refractivity contribution is -0.124. The Balaban J connectivity index is 1.80. The predicted molar refractivity (Wildman–Crippen MR) is 83.7 cm³/mol. The summed E-state index contributed by atoms with van der Waals surface area (Å²) in [5.74, 6) is 0.193. The van der Waals surface area contributed by atoms with Crippen molar-refractivity contribution in [2.75, 3.05) is 0 Å². The van der Waals surface area contributed by atoms with Gasteiger partial charge in [-0.05, 0) is 38.0 Å². The van der Waals surface area contributed by atoms with Crippen LogP contribution in [0.1, 0.15) is 78.6 Å². The molecule has 0 spiro atoms. The standard InChI is InChI=1S/C17H32N2O/c1-13(16(20)19-14-9-5-4-6-10-14)18-15-11-7-8-12-17(15,2)3/h13-15,18H,4-12H2,1-3H3,(H,19,20). The summed E-state index contributed by atoms with van der Waals surface area (Å²) in [7, 11) is 0. The highest BCUT2D eigenvalue weighted by Crippen LogP contribution is 2.35. The third-order valence-corrected chi connectivity index (χ3v) is 5.30. The summed E-state index contributed by atoms with van der Waals surface area (Å²) in [5, 5.41) is 6.82. The van der Waals surface area contributed by atoms with Gasteiger partial charge in [-0.3, -0.25) is 4.79 Å². The van der Waals surface area contributed by atoms with Gasteiger partial charge in [-0.1, -0.05) is 46.0 Å². The van der Waals surface area contributed by atoms with Gasteiger partial charge in [0.25, 0.3) is 0 Å². The van der Waals surface area contributed by atoms with E-state index in [2.05, 4.69) is 24.5 Å². The predicted octanol–water partition coefficient (Wildman–Crippen LogP) is 3.38. The normalized spacial score (nSPS) is 28.9. The number of hydrogen-bond donors (Lipinski definition) is 2. The molecule has 0 saturated heterocycles. The molecule has 0 bridgehead atoms. The summed E-state index contributed by atoms with van der Waals surface area (Å²) >= 11 is 0. The molecule has 2 N–H and O–H groups in total. The molecule has 0 aromatic heterocycles. The molecule has 0 aromatic rings. The zero-order valence-corrected chi connectivity index (χ0v) is 13.5. The van der Waals surface area contributed by atoms with Crippen LogP contribution in [0.25, 0.3) is 0 Å². The molecule has 116 valence electrons. The third-order valence-electron chi connectivity index (χ3n) is 5.30. The Bertz CT molecular complexity index is 321. The molecule has 0 aromatic carbocycles. The van der Waals surface area contributed by atoms with Crippen molar-refractivity contribution in [3.05, 3.63) is 0 Å². The minimum atomic E-state index is -0.0701. The van der Waals surface area contributed by atoms with E-state index >= 15 is 0 Å². The fourth-order valence-corrected chi connectivity index (χ4v) is 3.75. The summed E-state index contributed by atoms with van der Waals surface area (Å²) < 4.78 is 0. The van der Waals surface area contributed by atoms with Crippen LogP contribution >= 0.6 is 0 Å². The van der Waals surface area contributed by atoms with Gasteiger partial charge >= 0.3 is 0 Å². The maximum atomic E-state index is 12.3. The van der Waals surface area contributed by atoms with Crippen LogP contribution in [0.15, 0.2) is 0 Å². The number of carbonyl (C=O) groups excluding carboxylic acids is 1. The van der Waals surface area contributed by atoms with Crippen molar-refractivity contribution in [3.8, 4) is 0 Å². The molecular formula is C17H32N2O. The Kier molecular flexibility index (Phi) is 5.48. The first kappa shape index (κ1) is 15.8. The first-order valence-corrected chi connectivity index (χ1v) is 8.55. The molecule has 0 radical (unpaired) electrons. The maximum Gasteiger partial charge on any atom is 0.237 e. The average molecular weight is 280 g/mol. The average Bonchev–Trinajstić information content (AvgIpc) is 2.42. The van der Waals surface area contributed by atoms with E-state index in [1.807, 2.05) is 6.92 Å². The Morgan fingerprint density at radius 3 is 2.35 bits per heavy atom. The van der Waals surface area contributed by atoms with Crippen molar-refractivity contribution in [2.45, 2.75) is 96.7 Å². The van der Waals surface area contributed by atoms with Crippen molar-refractivity contribution in [1.82, 2.24) is 10.6 Å². The van der Waals surface area contributed by atoms with E-state index < -0.39 is 0 Å². The van der Waals surface area contributed by atoms with Gasteiger partial charge in [0.15, 0.2) is 0 Å². The molecule has 2 fully saturated rings. The maximum absolute atomic E-state index is 12.3. The van der Waals surface area contributed by atoms with Crippen LogP contribution in [0, 0.1) is 5.41 Å². The van der Waals surface area contributed by atoms with E-state index in [4.69, 9.17) is 0 Å². The highest BCUT2D eigenvalue weighted by Gasteiger charge is 2.34. The topological polar surface area (TPSA) is 41.1 Å². The van der Waals surface area contributed by atoms with Gasteiger partial charge in [-0.25, -0.2) is 0 Å². The minimum absolute atomic E-state index is 0.0701. The van der Waals surface area contributed by atoms with Crippen molar-refractivity contribution in [1.29, 1.82) is 0 Å². The van der Waals surface area contributed by atoms with E-state index in [0.717, 1.165) is 12.8 Å². The summed E-state index contributed by atoms with van der Waals surface area (Å²) in [6, 6.07) is 0.822. The lowest BCUT2D eigenvalue weighted by Crippen LogP contribution is -2.54. The molecule has 2 atom stereocenters. The van der Waals surface area contributed by atoms with Crippen molar-refractivity contribution >= 4 is 5.91 Å². The highest BCUT2D eigenvalue weighted by molar-refractivity contribution is 5.81. The first-order chi connectivity index (χ1) is 9.49. The Morgan fingerprint density at radius 1 is 1.05 bits per heavy atom. The van der Waals surface area contributed by atoms with Crippen molar-refractivity contribution in [2.24, 2.45) is 5.41 Å². The lowest BCUT2D eigenvalue weighted by Gasteiger charge is -2.40. The SMILES string of the molecule is CC(NC1CCCCC1(C)C)C(=O)NC1CCCCC1. The molecule has 1 amide bonds. The smallest absolute Gasteiger partial charge is 0.237 e. The monoisotopic (exact) mass is 280 g/mol. The van der Waals surface area contributed by atoms with Gasteiger partial charge in [0.2, 0.25) is 5.91 Å². The summed E-state index contributed by atoms with van der Waals surface area (Å²) in [6.07, 6.45) is 11.3. The molecule has 0 heterocycles. The largest absolute Gasteiger partial charge is 0.352 e. The Morgan fingerprint density at radius 2 is 1.70 bits per heavy atom. The summed E-state index contributed by atoms with van der Waals surface area (Å²) in [5.41, 5.74) is 0.317. The molecule has 20 heavy (non-hydrogen) atoms. The molecule has 2 saturated carbocycles. The minimum Gasteiger partial charge on any atom is -0.352 e. The van der Waals surface area contributed by atoms with Crippen LogP contribution in [0.5, 0.6) is 0 Å². The molecule has 2 unspecified atom stereocenters. The van der Waals surface area contributed by atoms with Crippen LogP contribution in [-0.4, -0.2) is 24.0 Å². The van der Waals surface area contributed by atoms with Crippen LogP contribution in [0.3, 0.4) is 0 Å². The summed E-state index contributed by atoms with van der Waals surface area (Å²) in [4.78, 5) is 12.3. The second kappa shape index (κ2) is 6.93. The van der Waals surface area contributed by atoms with Crippen LogP contribution in [0.2, 0.25) is 0 Å². The lowest BCUT2D eigenvalue weighted by atomic mass is 9.73. The van der Waals surface area contributed by atoms with Gasteiger partial charge < -0.3 is 10.6 Å². The van der Waals surface area contributed by atoms with Gasteiger partial charge in [-0.15, -0.1) is 0 Å². The fourth-order valence-electron chi connectivity index (χ4n) is 3.75. The molecule has 3 nitrogen and oxygen atoms in total. The number of carbonyl (C=O) groups is 1.